The molecule has 29 heavy (non-hydrogen) atoms. The highest BCUT2D eigenvalue weighted by molar-refractivity contribution is 7.98. The van der Waals surface area contributed by atoms with Gasteiger partial charge in [0.1, 0.15) is 5.82 Å². The Labute approximate surface area is 182 Å². The third-order valence-electron chi connectivity index (χ3n) is 4.89. The highest BCUT2D eigenvalue weighted by atomic mass is 35.5. The fourth-order valence-electron chi connectivity index (χ4n) is 3.40. The van der Waals surface area contributed by atoms with Crippen LogP contribution in [0.15, 0.2) is 58.5 Å². The normalized spacial score (nSPS) is 15.7. The van der Waals surface area contributed by atoms with Crippen LogP contribution in [0.4, 0.5) is 5.82 Å². The van der Waals surface area contributed by atoms with Crippen LogP contribution >= 0.6 is 35.0 Å². The average Bonchev–Trinajstić information content (AvgIpc) is 2.70. The lowest BCUT2D eigenvalue weighted by Crippen LogP contribution is -2.33. The number of carbonyl (C=O) groups is 1. The van der Waals surface area contributed by atoms with Crippen molar-refractivity contribution in [1.82, 2.24) is 9.55 Å². The van der Waals surface area contributed by atoms with Crippen molar-refractivity contribution in [2.75, 3.05) is 5.32 Å². The lowest BCUT2D eigenvalue weighted by Gasteiger charge is -2.27. The topological polar surface area (TPSA) is 64.0 Å². The van der Waals surface area contributed by atoms with Gasteiger partial charge < -0.3 is 9.88 Å². The van der Waals surface area contributed by atoms with E-state index in [1.54, 1.807) is 23.7 Å². The molecule has 1 aliphatic rings. The van der Waals surface area contributed by atoms with Crippen molar-refractivity contribution in [1.29, 1.82) is 0 Å². The van der Waals surface area contributed by atoms with E-state index in [0.29, 0.717) is 32.3 Å². The number of anilines is 1. The van der Waals surface area contributed by atoms with Gasteiger partial charge in [-0.2, -0.15) is 4.98 Å². The first kappa shape index (κ1) is 20.0. The van der Waals surface area contributed by atoms with Gasteiger partial charge in [0.25, 0.3) is 5.56 Å². The fraction of sp³-hybridized carbons (Fsp3) is 0.190. The Morgan fingerprint density at radius 2 is 1.86 bits per heavy atom. The Hall–Kier alpha value is -2.28. The summed E-state index contributed by atoms with van der Waals surface area (Å²) in [4.78, 5) is 29.6. The molecule has 148 valence electrons. The van der Waals surface area contributed by atoms with E-state index in [1.165, 1.54) is 11.8 Å². The van der Waals surface area contributed by atoms with E-state index < -0.39 is 0 Å². The summed E-state index contributed by atoms with van der Waals surface area (Å²) in [5, 5.41) is 4.64. The molecule has 2 heterocycles. The lowest BCUT2D eigenvalue weighted by atomic mass is 9.87. The van der Waals surface area contributed by atoms with Crippen molar-refractivity contribution in [3.05, 3.63) is 85.6 Å². The Balaban J connectivity index is 1.72. The van der Waals surface area contributed by atoms with Crippen molar-refractivity contribution in [2.45, 2.75) is 23.2 Å². The molecule has 3 aromatic rings. The maximum atomic E-state index is 12.9. The highest BCUT2D eigenvalue weighted by Gasteiger charge is 2.32. The summed E-state index contributed by atoms with van der Waals surface area (Å²) in [5.74, 6) is 0.557. The summed E-state index contributed by atoms with van der Waals surface area (Å²) in [6.45, 7) is 0. The van der Waals surface area contributed by atoms with Crippen LogP contribution in [0.3, 0.4) is 0 Å². The van der Waals surface area contributed by atoms with Crippen LogP contribution in [-0.2, 0) is 17.6 Å². The molecule has 0 spiro atoms. The summed E-state index contributed by atoms with van der Waals surface area (Å²) in [6.07, 6.45) is 0.192. The third-order valence-corrected chi connectivity index (χ3v) is 6.59. The molecule has 0 bridgehead atoms. The number of hydrogen-bond donors (Lipinski definition) is 1. The number of halogens is 2. The zero-order valence-electron chi connectivity index (χ0n) is 15.5. The first-order valence-corrected chi connectivity index (χ1v) is 10.7. The standard InChI is InChI=1S/C21H17Cl2N3O2S/c1-26-19-18(15(10-17(27)24-19)12-6-8-14(22)9-7-12)20(28)25-21(26)29-11-13-4-2-3-5-16(13)23/h2-9,15H,10-11H2,1H3,(H,24,27). The first-order valence-electron chi connectivity index (χ1n) is 8.96. The van der Waals surface area contributed by atoms with Crippen LogP contribution in [-0.4, -0.2) is 15.5 Å². The van der Waals surface area contributed by atoms with Gasteiger partial charge >= 0.3 is 0 Å². The molecule has 1 unspecified atom stereocenters. The number of benzene rings is 2. The van der Waals surface area contributed by atoms with Gasteiger partial charge in [0.05, 0.1) is 5.56 Å². The molecule has 8 heteroatoms. The Bertz CT molecular complexity index is 1150. The van der Waals surface area contributed by atoms with Gasteiger partial charge in [-0.05, 0) is 29.3 Å². The van der Waals surface area contributed by atoms with E-state index in [9.17, 15) is 9.59 Å². The second kappa shape index (κ2) is 8.22. The predicted octanol–water partition coefficient (Wildman–Crippen LogP) is 4.85. The molecule has 5 nitrogen and oxygen atoms in total. The minimum Gasteiger partial charge on any atom is -0.312 e. The number of carbonyl (C=O) groups excluding carboxylic acids is 1. The maximum absolute atomic E-state index is 12.9. The number of nitrogens with zero attached hydrogens (tertiary/aromatic N) is 2. The molecule has 1 amide bonds. The number of nitrogens with one attached hydrogen (secondary N) is 1. The molecule has 0 saturated carbocycles. The average molecular weight is 446 g/mol. The maximum Gasteiger partial charge on any atom is 0.279 e. The molecule has 0 fully saturated rings. The van der Waals surface area contributed by atoms with Crippen molar-refractivity contribution < 1.29 is 4.79 Å². The summed E-state index contributed by atoms with van der Waals surface area (Å²) in [6, 6.07) is 14.7. The number of rotatable bonds is 4. The molecule has 1 N–H and O–H groups in total. The second-order valence-corrected chi connectivity index (χ2v) is 8.54. The van der Waals surface area contributed by atoms with E-state index in [2.05, 4.69) is 10.3 Å². The summed E-state index contributed by atoms with van der Waals surface area (Å²) in [5.41, 5.74) is 1.98. The molecular weight excluding hydrogens is 429 g/mol. The number of hydrogen-bond acceptors (Lipinski definition) is 4. The summed E-state index contributed by atoms with van der Waals surface area (Å²) >= 11 is 13.6. The minimum absolute atomic E-state index is 0.138. The predicted molar refractivity (Wildman–Crippen MR) is 117 cm³/mol. The first-order chi connectivity index (χ1) is 13.9. The van der Waals surface area contributed by atoms with Crippen LogP contribution in [0.2, 0.25) is 10.0 Å². The van der Waals surface area contributed by atoms with Crippen LogP contribution in [0.25, 0.3) is 0 Å². The molecule has 1 aliphatic heterocycles. The van der Waals surface area contributed by atoms with Gasteiger partial charge in [0.15, 0.2) is 5.16 Å². The molecule has 1 aromatic heterocycles. The summed E-state index contributed by atoms with van der Waals surface area (Å²) in [7, 11) is 1.80. The Kier molecular flexibility index (Phi) is 5.67. The number of amides is 1. The molecular formula is C21H17Cl2N3O2S. The van der Waals surface area contributed by atoms with Crippen molar-refractivity contribution in [2.24, 2.45) is 7.05 Å². The monoisotopic (exact) mass is 445 g/mol. The molecule has 2 aromatic carbocycles. The molecule has 0 saturated heterocycles. The fourth-order valence-corrected chi connectivity index (χ4v) is 4.78. The largest absolute Gasteiger partial charge is 0.312 e. The second-order valence-electron chi connectivity index (χ2n) is 6.76. The van der Waals surface area contributed by atoms with Crippen molar-refractivity contribution in [3.8, 4) is 0 Å². The van der Waals surface area contributed by atoms with Gasteiger partial charge in [0.2, 0.25) is 5.91 Å². The zero-order chi connectivity index (χ0) is 20.5. The minimum atomic E-state index is -0.357. The van der Waals surface area contributed by atoms with E-state index in [1.807, 2.05) is 36.4 Å². The Morgan fingerprint density at radius 3 is 2.59 bits per heavy atom. The van der Waals surface area contributed by atoms with Crippen LogP contribution in [0.1, 0.15) is 29.0 Å². The van der Waals surface area contributed by atoms with E-state index in [4.69, 9.17) is 23.2 Å². The van der Waals surface area contributed by atoms with Crippen molar-refractivity contribution in [3.63, 3.8) is 0 Å². The van der Waals surface area contributed by atoms with Gasteiger partial charge in [-0.3, -0.25) is 9.59 Å². The lowest BCUT2D eigenvalue weighted by molar-refractivity contribution is -0.116. The molecule has 0 aliphatic carbocycles. The van der Waals surface area contributed by atoms with Crippen LogP contribution in [0, 0.1) is 0 Å². The van der Waals surface area contributed by atoms with Crippen LogP contribution in [0.5, 0.6) is 0 Å². The third kappa shape index (κ3) is 4.06. The van der Waals surface area contributed by atoms with Gasteiger partial charge in [-0.15, -0.1) is 0 Å². The van der Waals surface area contributed by atoms with Crippen molar-refractivity contribution >= 4 is 46.7 Å². The number of fused-ring (bicyclic) bond motifs is 1. The number of aromatic nitrogens is 2. The van der Waals surface area contributed by atoms with Gasteiger partial charge in [0, 0.05) is 35.2 Å². The molecule has 4 rings (SSSR count). The van der Waals surface area contributed by atoms with Crippen LogP contribution < -0.4 is 10.9 Å². The van der Waals surface area contributed by atoms with E-state index >= 15 is 0 Å². The van der Waals surface area contributed by atoms with Gasteiger partial charge in [-0.25, -0.2) is 0 Å². The molecule has 0 radical (unpaired) electrons. The number of thioether (sulfide) groups is 1. The van der Waals surface area contributed by atoms with E-state index in [0.717, 1.165) is 11.1 Å². The zero-order valence-corrected chi connectivity index (χ0v) is 17.8. The quantitative estimate of drug-likeness (QED) is 0.460. The van der Waals surface area contributed by atoms with Gasteiger partial charge in [-0.1, -0.05) is 65.3 Å². The van der Waals surface area contributed by atoms with E-state index in [-0.39, 0.29) is 23.8 Å². The molecule has 1 atom stereocenters. The Morgan fingerprint density at radius 1 is 1.14 bits per heavy atom. The SMILES string of the molecule is Cn1c(SCc2ccccc2Cl)nc(=O)c2c1NC(=O)CC2c1ccc(Cl)cc1. The smallest absolute Gasteiger partial charge is 0.279 e. The summed E-state index contributed by atoms with van der Waals surface area (Å²) < 4.78 is 1.76. The highest BCUT2D eigenvalue weighted by Crippen LogP contribution is 2.36.